The second-order valence-electron chi connectivity index (χ2n) is 3.47. The third-order valence-corrected chi connectivity index (χ3v) is 2.00. The van der Waals surface area contributed by atoms with Crippen molar-refractivity contribution in [2.75, 3.05) is 0 Å². The van der Waals surface area contributed by atoms with Gasteiger partial charge in [0.15, 0.2) is 3.79 Å². The highest BCUT2D eigenvalue weighted by Crippen LogP contribution is 2.34. The summed E-state index contributed by atoms with van der Waals surface area (Å²) in [5, 5.41) is 0. The van der Waals surface area contributed by atoms with Crippen molar-refractivity contribution in [3.8, 4) is 0 Å². The van der Waals surface area contributed by atoms with Gasteiger partial charge in [-0.3, -0.25) is 4.79 Å². The molecule has 0 N–H and O–H groups in total. The van der Waals surface area contributed by atoms with Gasteiger partial charge in [-0.15, -0.1) is 0 Å². The van der Waals surface area contributed by atoms with Crippen LogP contribution in [0.5, 0.6) is 0 Å². The molecule has 0 atom stereocenters. The number of halogens is 3. The summed E-state index contributed by atoms with van der Waals surface area (Å²) >= 11 is 16.7. The van der Waals surface area contributed by atoms with Crippen molar-refractivity contribution in [3.05, 3.63) is 0 Å². The van der Waals surface area contributed by atoms with Crippen molar-refractivity contribution in [3.63, 3.8) is 0 Å². The van der Waals surface area contributed by atoms with Crippen LogP contribution in [0.1, 0.15) is 33.6 Å². The normalized spacial score (nSPS) is 12.8. The summed E-state index contributed by atoms with van der Waals surface area (Å²) in [5.41, 5.74) is -0.574. The van der Waals surface area contributed by atoms with Crippen molar-refractivity contribution in [1.82, 2.24) is 0 Å². The van der Waals surface area contributed by atoms with Gasteiger partial charge >= 0.3 is 5.97 Å². The van der Waals surface area contributed by atoms with E-state index in [2.05, 4.69) is 0 Å². The molecule has 0 heterocycles. The maximum absolute atomic E-state index is 10.7. The van der Waals surface area contributed by atoms with Gasteiger partial charge in [-0.1, -0.05) is 34.8 Å². The molecule has 0 aliphatic heterocycles. The Kier molecular flexibility index (Phi) is 4.84. The Morgan fingerprint density at radius 3 is 2.00 bits per heavy atom. The SMILES string of the molecule is CC(=O)OC(C)(C)CCC(Cl)(Cl)Cl. The number of carbonyl (C=O) groups excluding carboxylic acids is 1. The number of alkyl halides is 3. The van der Waals surface area contributed by atoms with Crippen LogP contribution in [0.25, 0.3) is 0 Å². The molecule has 0 aliphatic carbocycles. The van der Waals surface area contributed by atoms with E-state index < -0.39 is 9.39 Å². The maximum atomic E-state index is 10.7. The Morgan fingerprint density at radius 1 is 1.23 bits per heavy atom. The van der Waals surface area contributed by atoms with E-state index in [0.29, 0.717) is 12.8 Å². The lowest BCUT2D eigenvalue weighted by Gasteiger charge is -2.25. The molecule has 0 radical (unpaired) electrons. The average molecular weight is 248 g/mol. The Bertz CT molecular complexity index is 184. The van der Waals surface area contributed by atoms with Gasteiger partial charge in [0.1, 0.15) is 5.60 Å². The lowest BCUT2D eigenvalue weighted by Crippen LogP contribution is -2.28. The quantitative estimate of drug-likeness (QED) is 0.564. The highest BCUT2D eigenvalue weighted by Gasteiger charge is 2.27. The summed E-state index contributed by atoms with van der Waals surface area (Å²) in [6.07, 6.45) is 0.876. The number of rotatable bonds is 3. The number of hydrogen-bond donors (Lipinski definition) is 0. The Hall–Kier alpha value is 0.340. The molecule has 5 heteroatoms. The van der Waals surface area contributed by atoms with Gasteiger partial charge in [-0.05, 0) is 26.7 Å². The van der Waals surface area contributed by atoms with Crippen molar-refractivity contribution >= 4 is 40.8 Å². The van der Waals surface area contributed by atoms with Crippen molar-refractivity contribution < 1.29 is 9.53 Å². The minimum absolute atomic E-state index is 0.325. The van der Waals surface area contributed by atoms with Crippen LogP contribution >= 0.6 is 34.8 Å². The Balaban J connectivity index is 3.96. The molecule has 0 rings (SSSR count). The van der Waals surface area contributed by atoms with Crippen LogP contribution in [-0.4, -0.2) is 15.4 Å². The summed E-state index contributed by atoms with van der Waals surface area (Å²) < 4.78 is 3.74. The van der Waals surface area contributed by atoms with Crippen LogP contribution in [0.2, 0.25) is 0 Å². The second kappa shape index (κ2) is 4.72. The molecule has 0 saturated carbocycles. The highest BCUT2D eigenvalue weighted by atomic mass is 35.6. The predicted molar refractivity (Wildman–Crippen MR) is 55.4 cm³/mol. The molecule has 0 saturated heterocycles. The first-order chi connectivity index (χ1) is 5.62. The molecule has 78 valence electrons. The minimum atomic E-state index is -1.28. The van der Waals surface area contributed by atoms with Gasteiger partial charge in [-0.2, -0.15) is 0 Å². The van der Waals surface area contributed by atoms with E-state index in [4.69, 9.17) is 39.5 Å². The third kappa shape index (κ3) is 8.66. The van der Waals surface area contributed by atoms with Crippen molar-refractivity contribution in [2.45, 2.75) is 43.0 Å². The van der Waals surface area contributed by atoms with Crippen LogP contribution < -0.4 is 0 Å². The summed E-state index contributed by atoms with van der Waals surface area (Å²) in [6.45, 7) is 4.92. The lowest BCUT2D eigenvalue weighted by atomic mass is 10.0. The zero-order valence-corrected chi connectivity index (χ0v) is 10.1. The summed E-state index contributed by atoms with van der Waals surface area (Å²) in [7, 11) is 0. The molecular weight excluding hydrogens is 234 g/mol. The van der Waals surface area contributed by atoms with Crippen LogP contribution in [-0.2, 0) is 9.53 Å². The number of esters is 1. The van der Waals surface area contributed by atoms with E-state index in [1.165, 1.54) is 6.92 Å². The molecule has 0 spiro atoms. The number of hydrogen-bond acceptors (Lipinski definition) is 2. The van der Waals surface area contributed by atoms with E-state index >= 15 is 0 Å². The molecule has 13 heavy (non-hydrogen) atoms. The lowest BCUT2D eigenvalue weighted by molar-refractivity contribution is -0.154. The molecule has 0 fully saturated rings. The largest absolute Gasteiger partial charge is 0.460 e. The first-order valence-electron chi connectivity index (χ1n) is 3.89. The van der Waals surface area contributed by atoms with Crippen LogP contribution in [0, 0.1) is 0 Å². The van der Waals surface area contributed by atoms with E-state index in [9.17, 15) is 4.79 Å². The fraction of sp³-hybridized carbons (Fsp3) is 0.875. The summed E-state index contributed by atoms with van der Waals surface area (Å²) in [4.78, 5) is 10.7. The molecule has 0 aliphatic rings. The fourth-order valence-corrected chi connectivity index (χ4v) is 1.17. The number of ether oxygens (including phenoxy) is 1. The summed E-state index contributed by atoms with van der Waals surface area (Å²) in [5.74, 6) is -0.325. The fourth-order valence-electron chi connectivity index (χ4n) is 0.883. The van der Waals surface area contributed by atoms with Gasteiger partial charge in [0, 0.05) is 6.92 Å². The monoisotopic (exact) mass is 246 g/mol. The summed E-state index contributed by atoms with van der Waals surface area (Å²) in [6, 6.07) is 0. The van der Waals surface area contributed by atoms with E-state index in [1.54, 1.807) is 13.8 Å². The molecule has 0 aromatic rings. The van der Waals surface area contributed by atoms with E-state index in [0.717, 1.165) is 0 Å². The van der Waals surface area contributed by atoms with Crippen LogP contribution in [0.3, 0.4) is 0 Å². The van der Waals surface area contributed by atoms with Crippen LogP contribution in [0.15, 0.2) is 0 Å². The Labute approximate surface area is 93.5 Å². The van der Waals surface area contributed by atoms with Crippen molar-refractivity contribution in [2.24, 2.45) is 0 Å². The average Bonchev–Trinajstić information content (AvgIpc) is 1.79. The molecule has 0 aromatic heterocycles. The van der Waals surface area contributed by atoms with Crippen molar-refractivity contribution in [1.29, 1.82) is 0 Å². The van der Waals surface area contributed by atoms with E-state index in [1.807, 2.05) is 0 Å². The molecular formula is C8H13Cl3O2. The zero-order chi connectivity index (χ0) is 10.7. The van der Waals surface area contributed by atoms with Gasteiger partial charge in [-0.25, -0.2) is 0 Å². The second-order valence-corrected chi connectivity index (χ2v) is 5.98. The minimum Gasteiger partial charge on any atom is -0.460 e. The highest BCUT2D eigenvalue weighted by molar-refractivity contribution is 6.67. The first-order valence-corrected chi connectivity index (χ1v) is 5.02. The molecule has 0 aromatic carbocycles. The molecule has 0 bridgehead atoms. The first kappa shape index (κ1) is 13.3. The molecule has 2 nitrogen and oxygen atoms in total. The maximum Gasteiger partial charge on any atom is 0.303 e. The predicted octanol–water partition coefficient (Wildman–Crippen LogP) is 3.48. The van der Waals surface area contributed by atoms with Gasteiger partial charge < -0.3 is 4.74 Å². The molecule has 0 unspecified atom stereocenters. The van der Waals surface area contributed by atoms with Gasteiger partial charge in [0.05, 0.1) is 0 Å². The van der Waals surface area contributed by atoms with Crippen LogP contribution in [0.4, 0.5) is 0 Å². The zero-order valence-electron chi connectivity index (χ0n) is 7.86. The molecule has 0 amide bonds. The standard InChI is InChI=1S/C8H13Cl3O2/c1-6(12)13-7(2,3)4-5-8(9,10)11/h4-5H2,1-3H3. The number of carbonyl (C=O) groups is 1. The van der Waals surface area contributed by atoms with Gasteiger partial charge in [0.2, 0.25) is 0 Å². The Morgan fingerprint density at radius 2 is 1.69 bits per heavy atom. The smallest absolute Gasteiger partial charge is 0.303 e. The topological polar surface area (TPSA) is 26.3 Å². The third-order valence-electron chi connectivity index (χ3n) is 1.43. The van der Waals surface area contributed by atoms with Gasteiger partial charge in [0.25, 0.3) is 0 Å². The van der Waals surface area contributed by atoms with E-state index in [-0.39, 0.29) is 5.97 Å².